The highest BCUT2D eigenvalue weighted by atomic mass is 32.2. The Labute approximate surface area is 171 Å². The Hall–Kier alpha value is -2.91. The van der Waals surface area contributed by atoms with Gasteiger partial charge in [-0.3, -0.25) is 13.9 Å². The number of nitrogens with zero attached hydrogens (tertiary/aromatic N) is 2. The van der Waals surface area contributed by atoms with Crippen molar-refractivity contribution < 1.29 is 22.9 Å². The number of anilines is 2. The molecule has 8 nitrogen and oxygen atoms in total. The number of quaternary nitrogens is 1. The van der Waals surface area contributed by atoms with Gasteiger partial charge in [-0.25, -0.2) is 8.42 Å². The van der Waals surface area contributed by atoms with Crippen LogP contribution in [-0.4, -0.2) is 66.4 Å². The molecule has 0 aliphatic carbocycles. The van der Waals surface area contributed by atoms with Crippen LogP contribution in [0.25, 0.3) is 0 Å². The standard InChI is InChI=1S/C20H26N4O4S/c1-22(2)20(26)15-23(3)14-19(25)21-16-9-8-12-18(13-16)29(27,28)24(4)17-10-6-5-7-11-17/h5-13H,14-15H2,1-4H3,(H,21,25)/p+1. The number of amides is 2. The summed E-state index contributed by atoms with van der Waals surface area (Å²) in [6.07, 6.45) is 0. The van der Waals surface area contributed by atoms with E-state index in [1.807, 2.05) is 6.07 Å². The summed E-state index contributed by atoms with van der Waals surface area (Å²) in [5.74, 6) is -0.382. The van der Waals surface area contributed by atoms with Crippen LogP contribution in [0.5, 0.6) is 0 Å². The van der Waals surface area contributed by atoms with Crippen molar-refractivity contribution in [2.24, 2.45) is 0 Å². The number of likely N-dealkylation sites (N-methyl/N-ethyl adjacent to an activating group) is 2. The molecular weight excluding hydrogens is 392 g/mol. The van der Waals surface area contributed by atoms with E-state index < -0.39 is 10.0 Å². The monoisotopic (exact) mass is 419 g/mol. The third kappa shape index (κ3) is 6.03. The molecule has 0 aliphatic heterocycles. The molecule has 2 aromatic carbocycles. The Balaban J connectivity index is 2.09. The van der Waals surface area contributed by atoms with E-state index >= 15 is 0 Å². The zero-order valence-corrected chi connectivity index (χ0v) is 17.9. The van der Waals surface area contributed by atoms with Crippen molar-refractivity contribution in [3.63, 3.8) is 0 Å². The number of nitrogens with one attached hydrogen (secondary N) is 2. The number of carbonyl (C=O) groups is 2. The van der Waals surface area contributed by atoms with Gasteiger partial charge in [0.25, 0.3) is 21.8 Å². The first-order valence-electron chi connectivity index (χ1n) is 9.06. The maximum Gasteiger partial charge on any atom is 0.279 e. The quantitative estimate of drug-likeness (QED) is 0.633. The average molecular weight is 420 g/mol. The minimum absolute atomic E-state index is 0.0742. The predicted molar refractivity (Wildman–Crippen MR) is 112 cm³/mol. The fourth-order valence-corrected chi connectivity index (χ4v) is 3.87. The Bertz CT molecular complexity index is 961. The lowest BCUT2D eigenvalue weighted by Gasteiger charge is -2.20. The molecule has 2 N–H and O–H groups in total. The molecule has 2 amide bonds. The number of hydrogen-bond donors (Lipinski definition) is 2. The molecule has 9 heteroatoms. The zero-order chi connectivity index (χ0) is 21.6. The minimum Gasteiger partial charge on any atom is -0.344 e. The smallest absolute Gasteiger partial charge is 0.279 e. The molecule has 0 aromatic heterocycles. The molecule has 0 aliphatic rings. The van der Waals surface area contributed by atoms with Crippen molar-refractivity contribution in [2.75, 3.05) is 50.9 Å². The van der Waals surface area contributed by atoms with Crippen LogP contribution in [-0.2, 0) is 19.6 Å². The van der Waals surface area contributed by atoms with Gasteiger partial charge in [0.15, 0.2) is 13.1 Å². The first-order valence-corrected chi connectivity index (χ1v) is 10.5. The van der Waals surface area contributed by atoms with Gasteiger partial charge in [0, 0.05) is 26.8 Å². The predicted octanol–water partition coefficient (Wildman–Crippen LogP) is 0.0531. The Morgan fingerprint density at radius 3 is 2.24 bits per heavy atom. The van der Waals surface area contributed by atoms with E-state index in [1.54, 1.807) is 57.5 Å². The number of benzene rings is 2. The lowest BCUT2D eigenvalue weighted by atomic mass is 10.3. The zero-order valence-electron chi connectivity index (χ0n) is 17.0. The van der Waals surface area contributed by atoms with Gasteiger partial charge in [0.1, 0.15) is 0 Å². The third-order valence-corrected chi connectivity index (χ3v) is 6.09. The van der Waals surface area contributed by atoms with Gasteiger partial charge in [-0.1, -0.05) is 24.3 Å². The van der Waals surface area contributed by atoms with Crippen molar-refractivity contribution in [3.05, 3.63) is 54.6 Å². The second kappa shape index (κ2) is 9.53. The fourth-order valence-electron chi connectivity index (χ4n) is 2.63. The highest BCUT2D eigenvalue weighted by Crippen LogP contribution is 2.23. The van der Waals surface area contributed by atoms with Crippen LogP contribution in [0.15, 0.2) is 59.5 Å². The van der Waals surface area contributed by atoms with E-state index in [4.69, 9.17) is 0 Å². The summed E-state index contributed by atoms with van der Waals surface area (Å²) in [7, 11) is 2.78. The summed E-state index contributed by atoms with van der Waals surface area (Å²) in [6.45, 7) is 0.275. The van der Waals surface area contributed by atoms with Gasteiger partial charge in [-0.2, -0.15) is 0 Å². The van der Waals surface area contributed by atoms with E-state index in [-0.39, 0.29) is 29.8 Å². The van der Waals surface area contributed by atoms with Crippen molar-refractivity contribution in [1.82, 2.24) is 4.90 Å². The molecule has 2 rings (SSSR count). The topological polar surface area (TPSA) is 91.2 Å². The van der Waals surface area contributed by atoms with Crippen molar-refractivity contribution in [2.45, 2.75) is 4.90 Å². The van der Waals surface area contributed by atoms with Gasteiger partial charge in [-0.15, -0.1) is 0 Å². The summed E-state index contributed by atoms with van der Waals surface area (Å²) >= 11 is 0. The molecule has 29 heavy (non-hydrogen) atoms. The SMILES string of the molecule is CN(C)C(=O)C[NH+](C)CC(=O)Nc1cccc(S(=O)(=O)N(C)c2ccccc2)c1. The number of carbonyl (C=O) groups excluding carboxylic acids is 2. The van der Waals surface area contributed by atoms with Crippen molar-refractivity contribution in [1.29, 1.82) is 0 Å². The van der Waals surface area contributed by atoms with Gasteiger partial charge in [0.2, 0.25) is 0 Å². The first kappa shape index (κ1) is 22.4. The van der Waals surface area contributed by atoms with Crippen LogP contribution in [0.1, 0.15) is 0 Å². The molecule has 0 spiro atoms. The van der Waals surface area contributed by atoms with Gasteiger partial charge >= 0.3 is 0 Å². The largest absolute Gasteiger partial charge is 0.344 e. The van der Waals surface area contributed by atoms with Gasteiger partial charge < -0.3 is 15.1 Å². The highest BCUT2D eigenvalue weighted by Gasteiger charge is 2.22. The second-order valence-corrected chi connectivity index (χ2v) is 8.95. The van der Waals surface area contributed by atoms with E-state index in [0.29, 0.717) is 11.4 Å². The molecule has 0 heterocycles. The highest BCUT2D eigenvalue weighted by molar-refractivity contribution is 7.92. The van der Waals surface area contributed by atoms with Crippen LogP contribution in [0.3, 0.4) is 0 Å². The van der Waals surface area contributed by atoms with Crippen molar-refractivity contribution in [3.8, 4) is 0 Å². The third-order valence-electron chi connectivity index (χ3n) is 4.31. The van der Waals surface area contributed by atoms with Crippen LogP contribution in [0.4, 0.5) is 11.4 Å². The lowest BCUT2D eigenvalue weighted by molar-refractivity contribution is -0.862. The maximum atomic E-state index is 12.9. The van der Waals surface area contributed by atoms with Gasteiger partial charge in [-0.05, 0) is 30.3 Å². The summed E-state index contributed by atoms with van der Waals surface area (Å²) in [4.78, 5) is 26.3. The first-order chi connectivity index (χ1) is 13.6. The summed E-state index contributed by atoms with van der Waals surface area (Å²) in [5.41, 5.74) is 0.919. The van der Waals surface area contributed by atoms with Crippen LogP contribution >= 0.6 is 0 Å². The molecule has 0 radical (unpaired) electrons. The summed E-state index contributed by atoms with van der Waals surface area (Å²) in [5, 5.41) is 2.70. The Kier molecular flexibility index (Phi) is 7.35. The molecule has 2 aromatic rings. The van der Waals surface area contributed by atoms with Crippen LogP contribution < -0.4 is 14.5 Å². The minimum atomic E-state index is -3.77. The molecular formula is C20H27N4O4S+. The summed E-state index contributed by atoms with van der Waals surface area (Å²) in [6, 6.07) is 14.9. The van der Waals surface area contributed by atoms with Crippen LogP contribution in [0, 0.1) is 0 Å². The number of hydrogen-bond acceptors (Lipinski definition) is 4. The molecule has 0 saturated heterocycles. The van der Waals surface area contributed by atoms with Crippen molar-refractivity contribution >= 4 is 33.2 Å². The number of sulfonamides is 1. The average Bonchev–Trinajstić information content (AvgIpc) is 2.67. The van der Waals surface area contributed by atoms with E-state index in [1.165, 1.54) is 28.4 Å². The van der Waals surface area contributed by atoms with E-state index in [0.717, 1.165) is 4.90 Å². The lowest BCUT2D eigenvalue weighted by Crippen LogP contribution is -3.11. The summed E-state index contributed by atoms with van der Waals surface area (Å²) < 4.78 is 27.0. The van der Waals surface area contributed by atoms with E-state index in [9.17, 15) is 18.0 Å². The number of rotatable bonds is 8. The van der Waals surface area contributed by atoms with Crippen LogP contribution in [0.2, 0.25) is 0 Å². The van der Waals surface area contributed by atoms with Gasteiger partial charge in [0.05, 0.1) is 17.6 Å². The molecule has 1 atom stereocenters. The molecule has 156 valence electrons. The number of para-hydroxylation sites is 1. The maximum absolute atomic E-state index is 12.9. The molecule has 0 saturated carbocycles. The second-order valence-electron chi connectivity index (χ2n) is 6.98. The fraction of sp³-hybridized carbons (Fsp3) is 0.300. The van der Waals surface area contributed by atoms with E-state index in [2.05, 4.69) is 5.32 Å². The normalized spacial score (nSPS) is 12.1. The molecule has 0 fully saturated rings. The molecule has 1 unspecified atom stereocenters. The molecule has 0 bridgehead atoms. The Morgan fingerprint density at radius 1 is 0.966 bits per heavy atom. The Morgan fingerprint density at radius 2 is 1.62 bits per heavy atom.